The van der Waals surface area contributed by atoms with Gasteiger partial charge in [0.2, 0.25) is 12.0 Å². The van der Waals surface area contributed by atoms with E-state index in [-0.39, 0.29) is 29.9 Å². The average molecular weight is 811 g/mol. The molecule has 302 valence electrons. The summed E-state index contributed by atoms with van der Waals surface area (Å²) >= 11 is 6.45. The molecule has 2 aliphatic heterocycles. The Hall–Kier alpha value is -6.24. The van der Waals surface area contributed by atoms with Crippen LogP contribution in [-0.2, 0) is 14.3 Å². The summed E-state index contributed by atoms with van der Waals surface area (Å²) in [5, 5.41) is 2.78. The summed E-state index contributed by atoms with van der Waals surface area (Å²) in [6, 6.07) is 32.7. The van der Waals surface area contributed by atoms with Crippen molar-refractivity contribution in [2.45, 2.75) is 49.9 Å². The summed E-state index contributed by atoms with van der Waals surface area (Å²) in [5.74, 6) is 1.21. The van der Waals surface area contributed by atoms with E-state index in [4.69, 9.17) is 26.3 Å². The van der Waals surface area contributed by atoms with Crippen LogP contribution in [0.1, 0.15) is 72.7 Å². The van der Waals surface area contributed by atoms with Crippen molar-refractivity contribution in [2.75, 3.05) is 34.2 Å². The number of rotatable bonds is 11. The van der Waals surface area contributed by atoms with Crippen molar-refractivity contribution < 1.29 is 19.1 Å². The number of amides is 3. The molecule has 0 saturated carbocycles. The maximum Gasteiger partial charge on any atom is 0.408 e. The van der Waals surface area contributed by atoms with E-state index in [2.05, 4.69) is 63.8 Å². The lowest BCUT2D eigenvalue weighted by atomic mass is 10.0. The third kappa shape index (κ3) is 8.23. The number of hydrogen-bond donors (Lipinski definition) is 3. The van der Waals surface area contributed by atoms with Crippen LogP contribution in [0.15, 0.2) is 116 Å². The largest absolute Gasteiger partial charge is 0.431 e. The zero-order valence-electron chi connectivity index (χ0n) is 33.3. The molecular formula is C46H47ClN8O4. The second kappa shape index (κ2) is 17.3. The molecule has 8 rings (SSSR count). The molecule has 0 aliphatic carbocycles. The first-order chi connectivity index (χ1) is 28.7. The van der Waals surface area contributed by atoms with Crippen LogP contribution in [0.4, 0.5) is 4.79 Å². The molecule has 0 radical (unpaired) electrons. The fourth-order valence-electron chi connectivity index (χ4n) is 8.32. The van der Waals surface area contributed by atoms with E-state index in [1.165, 1.54) is 7.05 Å². The number of aromatic amines is 2. The number of imidazole rings is 2. The van der Waals surface area contributed by atoms with Gasteiger partial charge in [-0.2, -0.15) is 0 Å². The van der Waals surface area contributed by atoms with Crippen LogP contribution in [0.5, 0.6) is 0 Å². The topological polar surface area (TPSA) is 140 Å². The van der Waals surface area contributed by atoms with Crippen molar-refractivity contribution in [1.29, 1.82) is 0 Å². The number of alkyl carbamates (subject to hydrolysis) is 1. The maximum atomic E-state index is 14.0. The number of aromatic nitrogens is 4. The van der Waals surface area contributed by atoms with Crippen molar-refractivity contribution in [3.05, 3.63) is 143 Å². The van der Waals surface area contributed by atoms with Gasteiger partial charge < -0.3 is 29.8 Å². The summed E-state index contributed by atoms with van der Waals surface area (Å²) in [6.45, 7) is 1.20. The lowest BCUT2D eigenvalue weighted by Crippen LogP contribution is -2.40. The van der Waals surface area contributed by atoms with Gasteiger partial charge in [-0.3, -0.25) is 14.5 Å². The Balaban J connectivity index is 0.933. The summed E-state index contributed by atoms with van der Waals surface area (Å²) in [6.07, 6.45) is 5.02. The molecule has 3 amide bonds. The van der Waals surface area contributed by atoms with Crippen molar-refractivity contribution >= 4 is 29.5 Å². The Morgan fingerprint density at radius 1 is 0.712 bits per heavy atom. The highest BCUT2D eigenvalue weighted by Crippen LogP contribution is 2.38. The van der Waals surface area contributed by atoms with Crippen LogP contribution in [-0.4, -0.2) is 86.8 Å². The lowest BCUT2D eigenvalue weighted by molar-refractivity contribution is -0.142. The molecule has 2 aromatic heterocycles. The first kappa shape index (κ1) is 39.6. The van der Waals surface area contributed by atoms with Gasteiger partial charge in [-0.05, 0) is 73.7 Å². The Morgan fingerprint density at radius 2 is 1.20 bits per heavy atom. The molecule has 4 aromatic carbocycles. The van der Waals surface area contributed by atoms with Gasteiger partial charge >= 0.3 is 6.09 Å². The van der Waals surface area contributed by atoms with Gasteiger partial charge in [0, 0.05) is 30.7 Å². The number of carbonyl (C=O) groups excluding carboxylic acids is 3. The Morgan fingerprint density at radius 3 is 1.71 bits per heavy atom. The van der Waals surface area contributed by atoms with Crippen LogP contribution in [0.25, 0.3) is 33.6 Å². The third-order valence-electron chi connectivity index (χ3n) is 11.3. The Kier molecular flexibility index (Phi) is 11.6. The molecule has 13 heteroatoms. The van der Waals surface area contributed by atoms with Gasteiger partial charge in [-0.25, -0.2) is 14.8 Å². The van der Waals surface area contributed by atoms with Crippen LogP contribution in [0.3, 0.4) is 0 Å². The summed E-state index contributed by atoms with van der Waals surface area (Å²) in [4.78, 5) is 62.3. The number of ether oxygens (including phenoxy) is 1. The molecule has 0 unspecified atom stereocenters. The van der Waals surface area contributed by atoms with Crippen molar-refractivity contribution in [1.82, 2.24) is 40.0 Å². The number of nitrogens with one attached hydrogen (secondary N) is 3. The van der Waals surface area contributed by atoms with Crippen LogP contribution in [0.2, 0.25) is 5.02 Å². The van der Waals surface area contributed by atoms with Crippen LogP contribution in [0, 0.1) is 0 Å². The van der Waals surface area contributed by atoms with Crippen molar-refractivity contribution in [3.63, 3.8) is 0 Å². The number of hydrogen-bond acceptors (Lipinski definition) is 7. The number of halogens is 1. The van der Waals surface area contributed by atoms with E-state index in [9.17, 15) is 14.4 Å². The molecule has 0 bridgehead atoms. The Bertz CT molecular complexity index is 2410. The summed E-state index contributed by atoms with van der Waals surface area (Å²) in [7, 11) is 5.34. The normalized spacial score (nSPS) is 17.6. The first-order valence-corrected chi connectivity index (χ1v) is 20.3. The molecular weight excluding hydrogens is 764 g/mol. The van der Waals surface area contributed by atoms with Gasteiger partial charge in [-0.1, -0.05) is 109 Å². The quantitative estimate of drug-likeness (QED) is 0.119. The second-order valence-electron chi connectivity index (χ2n) is 15.2. The van der Waals surface area contributed by atoms with E-state index in [0.29, 0.717) is 35.9 Å². The van der Waals surface area contributed by atoms with E-state index in [1.54, 1.807) is 35.4 Å². The standard InChI is InChI=1S/C46H47ClN8O4/c1-48-46(58)59-41(34-13-7-8-14-35(34)47)45(57)55-26-10-16-39(55)43-50-28-37(52-43)32-23-19-30(20-24-32)29-17-21-31(22-18-29)36-27-49-42(51-36)38-15-9-25-54(38)44(56)40(53(2)3)33-11-5-4-6-12-33/h4-8,11-14,17-24,27-28,38-41H,9-10,15-16,25-26H2,1-3H3,(H,48,58)(H,49,51)(H,50,52)/t38-,39-,40+,41+/m0/s1. The molecule has 2 fully saturated rings. The van der Waals surface area contributed by atoms with Crippen LogP contribution < -0.4 is 5.32 Å². The highest BCUT2D eigenvalue weighted by atomic mass is 35.5. The van der Waals surface area contributed by atoms with Crippen molar-refractivity contribution in [2.24, 2.45) is 0 Å². The van der Waals surface area contributed by atoms with Crippen LogP contribution >= 0.6 is 11.6 Å². The Labute approximate surface area is 348 Å². The monoisotopic (exact) mass is 810 g/mol. The maximum absolute atomic E-state index is 14.0. The summed E-state index contributed by atoms with van der Waals surface area (Å²) in [5.41, 5.74) is 7.26. The fourth-order valence-corrected chi connectivity index (χ4v) is 8.56. The number of carbonyl (C=O) groups is 3. The number of nitrogens with zero attached hydrogens (tertiary/aromatic N) is 5. The highest BCUT2D eigenvalue weighted by Gasteiger charge is 2.39. The van der Waals surface area contributed by atoms with E-state index in [1.807, 2.05) is 60.4 Å². The predicted octanol–water partition coefficient (Wildman–Crippen LogP) is 8.51. The van der Waals surface area contributed by atoms with Gasteiger partial charge in [0.25, 0.3) is 5.91 Å². The minimum atomic E-state index is -1.20. The molecule has 4 heterocycles. The zero-order valence-corrected chi connectivity index (χ0v) is 34.0. The molecule has 3 N–H and O–H groups in total. The molecule has 2 saturated heterocycles. The zero-order chi connectivity index (χ0) is 41.0. The molecule has 6 aromatic rings. The number of benzene rings is 4. The molecule has 12 nitrogen and oxygen atoms in total. The smallest absolute Gasteiger partial charge is 0.408 e. The third-order valence-corrected chi connectivity index (χ3v) is 11.7. The molecule has 0 spiro atoms. The number of H-pyrrole nitrogens is 2. The minimum Gasteiger partial charge on any atom is -0.431 e. The van der Waals surface area contributed by atoms with Gasteiger partial charge in [0.05, 0.1) is 35.9 Å². The van der Waals surface area contributed by atoms with Gasteiger partial charge in [0.15, 0.2) is 0 Å². The number of likely N-dealkylation sites (N-methyl/N-ethyl adjacent to an activating group) is 1. The number of likely N-dealkylation sites (tertiary alicyclic amines) is 2. The molecule has 59 heavy (non-hydrogen) atoms. The van der Waals surface area contributed by atoms with Gasteiger partial charge in [0.1, 0.15) is 17.7 Å². The fraction of sp³-hybridized carbons (Fsp3) is 0.283. The van der Waals surface area contributed by atoms with E-state index >= 15 is 0 Å². The predicted molar refractivity (Wildman–Crippen MR) is 227 cm³/mol. The molecule has 2 aliphatic rings. The van der Waals surface area contributed by atoms with Gasteiger partial charge in [-0.15, -0.1) is 0 Å². The molecule has 4 atom stereocenters. The van der Waals surface area contributed by atoms with E-state index in [0.717, 1.165) is 64.3 Å². The first-order valence-electron chi connectivity index (χ1n) is 20.0. The summed E-state index contributed by atoms with van der Waals surface area (Å²) < 4.78 is 5.56. The highest BCUT2D eigenvalue weighted by molar-refractivity contribution is 6.31. The average Bonchev–Trinajstić information content (AvgIpc) is 4.11. The SMILES string of the molecule is CNC(=O)O[C@@H](C(=O)N1CCC[C@H]1c1ncc(-c2ccc(-c3ccc(-c4cnc([C@@H]5CCCN5C(=O)[C@@H](c5ccccc5)N(C)C)[nH]4)cc3)cc2)[nH]1)c1ccccc1Cl. The van der Waals surface area contributed by atoms with Crippen molar-refractivity contribution in [3.8, 4) is 33.6 Å². The second-order valence-corrected chi connectivity index (χ2v) is 15.6. The minimum absolute atomic E-state index is 0.0896. The lowest BCUT2D eigenvalue weighted by Gasteiger charge is -2.31. The van der Waals surface area contributed by atoms with E-state index < -0.39 is 12.2 Å².